The van der Waals surface area contributed by atoms with Crippen molar-refractivity contribution in [1.82, 2.24) is 9.88 Å². The molecule has 1 aromatic heterocycles. The summed E-state index contributed by atoms with van der Waals surface area (Å²) in [5.74, 6) is 0.851. The van der Waals surface area contributed by atoms with Gasteiger partial charge in [0.15, 0.2) is 6.29 Å². The number of hydrogen-bond acceptors (Lipinski definition) is 5. The molecule has 190 valence electrons. The molecule has 3 heterocycles. The van der Waals surface area contributed by atoms with E-state index in [1.807, 2.05) is 41.3 Å². The van der Waals surface area contributed by atoms with E-state index in [4.69, 9.17) is 14.2 Å². The first-order valence-corrected chi connectivity index (χ1v) is 13.1. The number of aromatic nitrogens is 1. The van der Waals surface area contributed by atoms with E-state index in [0.29, 0.717) is 32.8 Å². The molecule has 0 bridgehead atoms. The highest BCUT2D eigenvalue weighted by Crippen LogP contribution is 2.39. The van der Waals surface area contributed by atoms with Crippen LogP contribution in [-0.4, -0.2) is 48.4 Å². The van der Waals surface area contributed by atoms with Crippen molar-refractivity contribution in [3.8, 4) is 5.75 Å². The van der Waals surface area contributed by atoms with Crippen LogP contribution >= 0.6 is 12.6 Å². The molecule has 1 unspecified atom stereocenters. The van der Waals surface area contributed by atoms with Gasteiger partial charge < -0.3 is 24.1 Å². The Morgan fingerprint density at radius 2 is 1.81 bits per heavy atom. The molecule has 1 amide bonds. The van der Waals surface area contributed by atoms with Crippen LogP contribution in [0.1, 0.15) is 34.0 Å². The second-order valence-corrected chi connectivity index (χ2v) is 10.2. The number of H-pyrrole nitrogens is 1. The van der Waals surface area contributed by atoms with E-state index in [-0.39, 0.29) is 18.2 Å². The first kappa shape index (κ1) is 24.1. The van der Waals surface area contributed by atoms with Crippen LogP contribution in [0.3, 0.4) is 0 Å². The molecule has 0 radical (unpaired) electrons. The summed E-state index contributed by atoms with van der Waals surface area (Å²) in [4.78, 5) is 20.2. The molecular formula is C30H30N2O4S. The van der Waals surface area contributed by atoms with Gasteiger partial charge in [-0.2, -0.15) is 0 Å². The number of hydrogen-bond donors (Lipinski definition) is 2. The number of nitrogens with one attached hydrogen (secondary N) is 1. The highest BCUT2D eigenvalue weighted by Gasteiger charge is 2.34. The minimum Gasteiger partial charge on any atom is -0.488 e. The summed E-state index contributed by atoms with van der Waals surface area (Å²) in [6.07, 6.45) is 0.848. The maximum Gasteiger partial charge on any atom is 0.227 e. The molecule has 6 rings (SSSR count). The van der Waals surface area contributed by atoms with E-state index < -0.39 is 0 Å². The van der Waals surface area contributed by atoms with Crippen molar-refractivity contribution in [2.24, 2.45) is 0 Å². The molecule has 7 heteroatoms. The quantitative estimate of drug-likeness (QED) is 0.346. The standard InChI is InChI=1S/C30H30N2O4S/c1-19-2-11-26-25(16-19)24-12-13-32(27(33)17-20-3-9-23(37)10-4-20)30(29(24)31-26)21-5-7-22(8-6-21)36-18-28-34-14-15-35-28/h2-11,16,28,30-31,37H,12-15,17-18H2,1H3. The smallest absolute Gasteiger partial charge is 0.227 e. The minimum atomic E-state index is -0.319. The van der Waals surface area contributed by atoms with Gasteiger partial charge in [-0.25, -0.2) is 0 Å². The Balaban J connectivity index is 1.32. The fourth-order valence-corrected chi connectivity index (χ4v) is 5.47. The van der Waals surface area contributed by atoms with Crippen LogP contribution in [0.2, 0.25) is 0 Å². The number of carbonyl (C=O) groups excluding carboxylic acids is 1. The van der Waals surface area contributed by atoms with Gasteiger partial charge in [0.05, 0.1) is 25.7 Å². The lowest BCUT2D eigenvalue weighted by molar-refractivity contribution is -0.132. The molecule has 0 aliphatic carbocycles. The van der Waals surface area contributed by atoms with Crippen LogP contribution in [0.15, 0.2) is 71.6 Å². The van der Waals surface area contributed by atoms with Crippen LogP contribution in [0.25, 0.3) is 10.9 Å². The SMILES string of the molecule is Cc1ccc2[nH]c3c(c2c1)CCN(C(=O)Cc1ccc(S)cc1)C3c1ccc(OCC2OCCO2)cc1. The van der Waals surface area contributed by atoms with E-state index in [0.717, 1.165) is 39.4 Å². The maximum atomic E-state index is 13.7. The zero-order valence-corrected chi connectivity index (χ0v) is 21.7. The Morgan fingerprint density at radius 1 is 1.05 bits per heavy atom. The van der Waals surface area contributed by atoms with Crippen LogP contribution < -0.4 is 4.74 Å². The van der Waals surface area contributed by atoms with Gasteiger partial charge in [0.25, 0.3) is 0 Å². The third-order valence-electron chi connectivity index (χ3n) is 7.17. The van der Waals surface area contributed by atoms with Gasteiger partial charge in [0.2, 0.25) is 5.91 Å². The van der Waals surface area contributed by atoms with Gasteiger partial charge in [-0.3, -0.25) is 4.79 Å². The van der Waals surface area contributed by atoms with E-state index in [1.165, 1.54) is 16.5 Å². The molecular weight excluding hydrogens is 484 g/mol. The Hall–Kier alpha value is -3.26. The lowest BCUT2D eigenvalue weighted by Crippen LogP contribution is -2.41. The summed E-state index contributed by atoms with van der Waals surface area (Å²) in [6.45, 7) is 4.33. The molecule has 3 aromatic carbocycles. The zero-order chi connectivity index (χ0) is 25.4. The first-order chi connectivity index (χ1) is 18.0. The van der Waals surface area contributed by atoms with Gasteiger partial charge in [-0.1, -0.05) is 35.9 Å². The van der Waals surface area contributed by atoms with E-state index in [9.17, 15) is 4.79 Å². The Bertz CT molecular complexity index is 1410. The van der Waals surface area contributed by atoms with E-state index >= 15 is 0 Å². The molecule has 1 N–H and O–H groups in total. The molecule has 1 saturated heterocycles. The first-order valence-electron chi connectivity index (χ1n) is 12.7. The molecule has 2 aliphatic rings. The van der Waals surface area contributed by atoms with Crippen molar-refractivity contribution in [3.63, 3.8) is 0 Å². The monoisotopic (exact) mass is 514 g/mol. The maximum absolute atomic E-state index is 13.7. The highest BCUT2D eigenvalue weighted by atomic mass is 32.1. The lowest BCUT2D eigenvalue weighted by Gasteiger charge is -2.36. The lowest BCUT2D eigenvalue weighted by atomic mass is 9.91. The fraction of sp³-hybridized carbons (Fsp3) is 0.300. The predicted molar refractivity (Wildman–Crippen MR) is 145 cm³/mol. The Labute approximate surface area is 221 Å². The molecule has 4 aromatic rings. The fourth-order valence-electron chi connectivity index (χ4n) is 5.32. The number of thiol groups is 1. The molecule has 37 heavy (non-hydrogen) atoms. The summed E-state index contributed by atoms with van der Waals surface area (Å²) in [5.41, 5.74) is 6.75. The average Bonchev–Trinajstić information content (AvgIpc) is 3.56. The largest absolute Gasteiger partial charge is 0.488 e. The second kappa shape index (κ2) is 10.2. The minimum absolute atomic E-state index is 0.105. The summed E-state index contributed by atoms with van der Waals surface area (Å²) >= 11 is 4.37. The van der Waals surface area contributed by atoms with Crippen molar-refractivity contribution in [1.29, 1.82) is 0 Å². The van der Waals surface area contributed by atoms with Crippen molar-refractivity contribution in [2.45, 2.75) is 37.0 Å². The summed E-state index contributed by atoms with van der Waals surface area (Å²) < 4.78 is 16.8. The zero-order valence-electron chi connectivity index (χ0n) is 20.8. The van der Waals surface area contributed by atoms with Crippen LogP contribution in [0, 0.1) is 6.92 Å². The molecule has 0 saturated carbocycles. The highest BCUT2D eigenvalue weighted by molar-refractivity contribution is 7.80. The molecule has 1 atom stereocenters. The molecule has 1 fully saturated rings. The number of fused-ring (bicyclic) bond motifs is 3. The average molecular weight is 515 g/mol. The van der Waals surface area contributed by atoms with E-state index in [1.54, 1.807) is 0 Å². The Morgan fingerprint density at radius 3 is 2.57 bits per heavy atom. The number of benzene rings is 3. The van der Waals surface area contributed by atoms with Gasteiger partial charge in [-0.15, -0.1) is 12.6 Å². The Kier molecular flexibility index (Phi) is 6.67. The molecule has 6 nitrogen and oxygen atoms in total. The van der Waals surface area contributed by atoms with E-state index in [2.05, 4.69) is 54.9 Å². The topological polar surface area (TPSA) is 63.8 Å². The van der Waals surface area contributed by atoms with Gasteiger partial charge in [0, 0.05) is 28.0 Å². The van der Waals surface area contributed by atoms with Gasteiger partial charge >= 0.3 is 0 Å². The van der Waals surface area contributed by atoms with Crippen LogP contribution in [-0.2, 0) is 27.1 Å². The van der Waals surface area contributed by atoms with Crippen molar-refractivity contribution in [3.05, 3.63) is 94.7 Å². The second-order valence-electron chi connectivity index (χ2n) is 9.70. The van der Waals surface area contributed by atoms with Crippen LogP contribution in [0.4, 0.5) is 0 Å². The van der Waals surface area contributed by atoms with Crippen molar-refractivity contribution >= 4 is 29.4 Å². The van der Waals surface area contributed by atoms with Gasteiger partial charge in [-0.05, 0) is 66.4 Å². The predicted octanol–water partition coefficient (Wildman–Crippen LogP) is 5.23. The number of aromatic amines is 1. The third kappa shape index (κ3) is 4.99. The molecule has 2 aliphatic heterocycles. The van der Waals surface area contributed by atoms with Crippen molar-refractivity contribution < 1.29 is 19.0 Å². The van der Waals surface area contributed by atoms with Gasteiger partial charge in [0.1, 0.15) is 12.4 Å². The number of aryl methyl sites for hydroxylation is 1. The van der Waals surface area contributed by atoms with Crippen molar-refractivity contribution in [2.75, 3.05) is 26.4 Å². The third-order valence-corrected chi connectivity index (χ3v) is 7.47. The number of amides is 1. The number of rotatable bonds is 6. The summed E-state index contributed by atoms with van der Waals surface area (Å²) in [5, 5.41) is 1.24. The summed E-state index contributed by atoms with van der Waals surface area (Å²) in [6, 6.07) is 22.1. The van der Waals surface area contributed by atoms with Crippen LogP contribution in [0.5, 0.6) is 5.75 Å². The molecule has 0 spiro atoms. The summed E-state index contributed by atoms with van der Waals surface area (Å²) in [7, 11) is 0. The number of ether oxygens (including phenoxy) is 3. The normalized spacial score (nSPS) is 17.8. The number of nitrogens with zero attached hydrogens (tertiary/aromatic N) is 1. The number of carbonyl (C=O) groups is 1.